The summed E-state index contributed by atoms with van der Waals surface area (Å²) < 4.78 is 0. The normalized spacial score (nSPS) is 17.3. The van der Waals surface area contributed by atoms with Crippen LogP contribution in [0, 0.1) is 5.92 Å². The van der Waals surface area contributed by atoms with E-state index in [4.69, 9.17) is 0 Å². The lowest BCUT2D eigenvalue weighted by Gasteiger charge is -2.19. The van der Waals surface area contributed by atoms with E-state index in [2.05, 4.69) is 17.4 Å². The Morgan fingerprint density at radius 3 is 2.40 bits per heavy atom. The Hall–Kier alpha value is -1.64. The third kappa shape index (κ3) is 3.47. The molecule has 1 aliphatic rings. The molecule has 108 valence electrons. The first-order valence-corrected chi connectivity index (χ1v) is 7.44. The number of hydrogen-bond acceptors (Lipinski definition) is 2. The minimum absolute atomic E-state index is 0.00738. The van der Waals surface area contributed by atoms with Gasteiger partial charge in [-0.05, 0) is 44.6 Å². The van der Waals surface area contributed by atoms with E-state index in [1.54, 1.807) is 6.92 Å². The van der Waals surface area contributed by atoms with Gasteiger partial charge in [-0.15, -0.1) is 0 Å². The van der Waals surface area contributed by atoms with E-state index >= 15 is 0 Å². The second kappa shape index (κ2) is 6.21. The van der Waals surface area contributed by atoms with E-state index in [0.717, 1.165) is 32.1 Å². The summed E-state index contributed by atoms with van der Waals surface area (Å²) in [7, 11) is 0. The van der Waals surface area contributed by atoms with Crippen molar-refractivity contribution in [3.8, 4) is 0 Å². The topological polar surface area (TPSA) is 46.2 Å². The monoisotopic (exact) mass is 273 g/mol. The van der Waals surface area contributed by atoms with Gasteiger partial charge in [-0.3, -0.25) is 9.59 Å². The molecule has 0 aliphatic heterocycles. The molecule has 1 fully saturated rings. The second-order valence-corrected chi connectivity index (χ2v) is 5.76. The van der Waals surface area contributed by atoms with Crippen LogP contribution >= 0.6 is 0 Å². The zero-order valence-electron chi connectivity index (χ0n) is 12.3. The zero-order chi connectivity index (χ0) is 14.6. The van der Waals surface area contributed by atoms with Crippen LogP contribution in [-0.4, -0.2) is 17.2 Å². The molecule has 0 saturated heterocycles. The minimum Gasteiger partial charge on any atom is -0.343 e. The Labute approximate surface area is 120 Å². The highest BCUT2D eigenvalue weighted by Crippen LogP contribution is 2.36. The fourth-order valence-corrected chi connectivity index (χ4v) is 2.53. The van der Waals surface area contributed by atoms with Crippen LogP contribution in [0.5, 0.6) is 0 Å². The molecule has 1 aliphatic carbocycles. The number of carbonyl (C=O) groups excluding carboxylic acids is 2. The molecule has 0 bridgehead atoms. The maximum absolute atomic E-state index is 12.3. The number of Topliss-reactive ketones (excluding diaryl/α,β-unsaturated/α-hetero) is 1. The Balaban J connectivity index is 1.88. The van der Waals surface area contributed by atoms with Crippen LogP contribution in [0.15, 0.2) is 30.3 Å². The minimum atomic E-state index is -0.531. The van der Waals surface area contributed by atoms with Gasteiger partial charge >= 0.3 is 0 Å². The number of ketones is 1. The van der Waals surface area contributed by atoms with Gasteiger partial charge in [0.15, 0.2) is 5.78 Å². The lowest BCUT2D eigenvalue weighted by Crippen LogP contribution is -2.44. The summed E-state index contributed by atoms with van der Waals surface area (Å²) >= 11 is 0. The van der Waals surface area contributed by atoms with Crippen molar-refractivity contribution >= 4 is 11.7 Å². The van der Waals surface area contributed by atoms with Gasteiger partial charge in [-0.2, -0.15) is 0 Å². The van der Waals surface area contributed by atoms with Crippen molar-refractivity contribution in [2.75, 3.05) is 0 Å². The van der Waals surface area contributed by atoms with Crippen molar-refractivity contribution in [1.82, 2.24) is 5.32 Å². The number of amides is 1. The van der Waals surface area contributed by atoms with Gasteiger partial charge in [0.1, 0.15) is 0 Å². The third-order valence-electron chi connectivity index (χ3n) is 4.27. The third-order valence-corrected chi connectivity index (χ3v) is 4.27. The fraction of sp³-hybridized carbons (Fsp3) is 0.529. The summed E-state index contributed by atoms with van der Waals surface area (Å²) in [6, 6.07) is 10.2. The SMILES string of the molecule is CC[C@@H](CCc1ccccc1)C(=O)NC1(C(C)=O)CC1. The molecule has 1 aromatic rings. The number of benzene rings is 1. The lowest BCUT2D eigenvalue weighted by molar-refractivity contribution is -0.130. The van der Waals surface area contributed by atoms with E-state index in [1.165, 1.54) is 5.56 Å². The van der Waals surface area contributed by atoms with Gasteiger partial charge in [0.2, 0.25) is 5.91 Å². The highest BCUT2D eigenvalue weighted by molar-refractivity contribution is 5.94. The molecule has 1 atom stereocenters. The molecule has 1 saturated carbocycles. The van der Waals surface area contributed by atoms with Gasteiger partial charge in [0, 0.05) is 5.92 Å². The summed E-state index contributed by atoms with van der Waals surface area (Å²) in [5.74, 6) is 0.118. The zero-order valence-corrected chi connectivity index (χ0v) is 12.3. The van der Waals surface area contributed by atoms with Crippen LogP contribution in [-0.2, 0) is 16.0 Å². The summed E-state index contributed by atoms with van der Waals surface area (Å²) in [4.78, 5) is 23.8. The summed E-state index contributed by atoms with van der Waals surface area (Å²) in [6.07, 6.45) is 4.14. The number of nitrogens with one attached hydrogen (secondary N) is 1. The van der Waals surface area contributed by atoms with Crippen LogP contribution < -0.4 is 5.32 Å². The Kier molecular flexibility index (Phi) is 4.58. The quantitative estimate of drug-likeness (QED) is 0.830. The molecule has 0 unspecified atom stereocenters. The number of carbonyl (C=O) groups is 2. The molecule has 1 aromatic carbocycles. The van der Waals surface area contributed by atoms with Gasteiger partial charge in [-0.1, -0.05) is 37.3 Å². The standard InChI is InChI=1S/C17H23NO2/c1-3-15(10-9-14-7-5-4-6-8-14)16(20)18-17(11-12-17)13(2)19/h4-8,15H,3,9-12H2,1-2H3,(H,18,20)/t15-/m0/s1. The maximum atomic E-state index is 12.3. The first kappa shape index (κ1) is 14.8. The smallest absolute Gasteiger partial charge is 0.223 e. The molecule has 2 rings (SSSR count). The molecular formula is C17H23NO2. The van der Waals surface area contributed by atoms with Crippen LogP contribution in [0.25, 0.3) is 0 Å². The molecule has 20 heavy (non-hydrogen) atoms. The van der Waals surface area contributed by atoms with Gasteiger partial charge in [0.25, 0.3) is 0 Å². The van der Waals surface area contributed by atoms with Crippen molar-refractivity contribution in [2.24, 2.45) is 5.92 Å². The Bertz CT molecular complexity index is 477. The number of hydrogen-bond donors (Lipinski definition) is 1. The molecule has 3 nitrogen and oxygen atoms in total. The van der Waals surface area contributed by atoms with Crippen molar-refractivity contribution < 1.29 is 9.59 Å². The average molecular weight is 273 g/mol. The van der Waals surface area contributed by atoms with E-state index < -0.39 is 5.54 Å². The largest absolute Gasteiger partial charge is 0.343 e. The Morgan fingerprint density at radius 1 is 1.25 bits per heavy atom. The van der Waals surface area contributed by atoms with Crippen molar-refractivity contribution in [3.63, 3.8) is 0 Å². The molecule has 0 spiro atoms. The number of rotatable bonds is 7. The average Bonchev–Trinajstić information content (AvgIpc) is 3.21. The number of aryl methyl sites for hydroxylation is 1. The van der Waals surface area contributed by atoms with Crippen LogP contribution in [0.4, 0.5) is 0 Å². The predicted molar refractivity (Wildman–Crippen MR) is 79.3 cm³/mol. The lowest BCUT2D eigenvalue weighted by atomic mass is 9.95. The maximum Gasteiger partial charge on any atom is 0.223 e. The van der Waals surface area contributed by atoms with E-state index in [1.807, 2.05) is 25.1 Å². The molecule has 0 radical (unpaired) electrons. The van der Waals surface area contributed by atoms with Gasteiger partial charge in [0.05, 0.1) is 5.54 Å². The Morgan fingerprint density at radius 2 is 1.90 bits per heavy atom. The van der Waals surface area contributed by atoms with Crippen molar-refractivity contribution in [3.05, 3.63) is 35.9 Å². The van der Waals surface area contributed by atoms with Gasteiger partial charge < -0.3 is 5.32 Å². The highest BCUT2D eigenvalue weighted by Gasteiger charge is 2.49. The summed E-state index contributed by atoms with van der Waals surface area (Å²) in [6.45, 7) is 3.60. The molecular weight excluding hydrogens is 250 g/mol. The highest BCUT2D eigenvalue weighted by atomic mass is 16.2. The predicted octanol–water partition coefficient (Wildman–Crippen LogP) is 2.88. The van der Waals surface area contributed by atoms with Crippen molar-refractivity contribution in [2.45, 2.75) is 51.5 Å². The van der Waals surface area contributed by atoms with E-state index in [-0.39, 0.29) is 17.6 Å². The fourth-order valence-electron chi connectivity index (χ4n) is 2.53. The second-order valence-electron chi connectivity index (χ2n) is 5.76. The van der Waals surface area contributed by atoms with Crippen molar-refractivity contribution in [1.29, 1.82) is 0 Å². The molecule has 3 heteroatoms. The van der Waals surface area contributed by atoms with Gasteiger partial charge in [-0.25, -0.2) is 0 Å². The molecule has 1 N–H and O–H groups in total. The first-order chi connectivity index (χ1) is 9.57. The van der Waals surface area contributed by atoms with E-state index in [0.29, 0.717) is 0 Å². The van der Waals surface area contributed by atoms with E-state index in [9.17, 15) is 9.59 Å². The molecule has 0 heterocycles. The van der Waals surface area contributed by atoms with Crippen LogP contribution in [0.1, 0.15) is 45.1 Å². The van der Waals surface area contributed by atoms with Crippen LogP contribution in [0.3, 0.4) is 0 Å². The molecule has 0 aromatic heterocycles. The summed E-state index contributed by atoms with van der Waals surface area (Å²) in [5, 5.41) is 2.97. The van der Waals surface area contributed by atoms with Crippen LogP contribution in [0.2, 0.25) is 0 Å². The first-order valence-electron chi connectivity index (χ1n) is 7.44. The summed E-state index contributed by atoms with van der Waals surface area (Å²) in [5.41, 5.74) is 0.725. The molecule has 1 amide bonds.